The van der Waals surface area contributed by atoms with Crippen molar-refractivity contribution < 1.29 is 14.3 Å². The molecule has 0 bridgehead atoms. The summed E-state index contributed by atoms with van der Waals surface area (Å²) in [6.07, 6.45) is 0. The zero-order valence-corrected chi connectivity index (χ0v) is 13.5. The highest BCUT2D eigenvalue weighted by molar-refractivity contribution is 6.32. The van der Waals surface area contributed by atoms with Crippen LogP contribution in [0, 0.1) is 0 Å². The molecule has 0 spiro atoms. The van der Waals surface area contributed by atoms with E-state index in [4.69, 9.17) is 26.8 Å². The highest BCUT2D eigenvalue weighted by Gasteiger charge is 2.13. The number of aryl methyl sites for hydroxylation is 1. The van der Waals surface area contributed by atoms with Gasteiger partial charge in [-0.1, -0.05) is 16.7 Å². The molecule has 124 valence electrons. The molecule has 0 saturated heterocycles. The molecule has 0 fully saturated rings. The largest absolute Gasteiger partial charge is 0.493 e. The van der Waals surface area contributed by atoms with Gasteiger partial charge >= 0.3 is 0 Å². The van der Waals surface area contributed by atoms with E-state index >= 15 is 0 Å². The quantitative estimate of drug-likeness (QED) is 0.730. The molecule has 1 heterocycles. The maximum Gasteiger partial charge on any atom is 0.255 e. The van der Waals surface area contributed by atoms with Crippen LogP contribution in [0.4, 0.5) is 5.95 Å². The summed E-state index contributed by atoms with van der Waals surface area (Å²) in [6, 6.07) is 3.45. The molecule has 2 aromatic rings. The second kappa shape index (κ2) is 7.63. The van der Waals surface area contributed by atoms with Crippen molar-refractivity contribution in [3.63, 3.8) is 0 Å². The standard InChI is InChI=1S/C13H17ClN6O3/c1-3-20-13(17-18-19-20)16-6-8-4-9(14)12(10(5-8)22-2)23-7-11(15)21/h4-5H,3,6-7H2,1-2H3,(H2,15,21)(H,16,17,19). The van der Waals surface area contributed by atoms with Crippen molar-refractivity contribution in [3.8, 4) is 11.5 Å². The number of hydrogen-bond acceptors (Lipinski definition) is 7. The number of halogens is 1. The van der Waals surface area contributed by atoms with E-state index in [0.29, 0.717) is 29.8 Å². The van der Waals surface area contributed by atoms with Gasteiger partial charge < -0.3 is 20.5 Å². The first kappa shape index (κ1) is 16.8. The lowest BCUT2D eigenvalue weighted by Gasteiger charge is -2.13. The van der Waals surface area contributed by atoms with Gasteiger partial charge in [0.2, 0.25) is 5.95 Å². The third-order valence-corrected chi connectivity index (χ3v) is 3.21. The fourth-order valence-electron chi connectivity index (χ4n) is 1.88. The second-order valence-electron chi connectivity index (χ2n) is 4.54. The number of hydrogen-bond donors (Lipinski definition) is 2. The lowest BCUT2D eigenvalue weighted by atomic mass is 10.2. The summed E-state index contributed by atoms with van der Waals surface area (Å²) in [4.78, 5) is 10.8. The van der Waals surface area contributed by atoms with Gasteiger partial charge in [-0.15, -0.1) is 0 Å². The molecule has 0 saturated carbocycles. The van der Waals surface area contributed by atoms with E-state index in [-0.39, 0.29) is 12.4 Å². The number of nitrogens with one attached hydrogen (secondary N) is 1. The molecule has 23 heavy (non-hydrogen) atoms. The van der Waals surface area contributed by atoms with Gasteiger partial charge in [0.15, 0.2) is 18.1 Å². The Morgan fingerprint density at radius 3 is 2.91 bits per heavy atom. The number of benzene rings is 1. The third kappa shape index (κ3) is 4.22. The summed E-state index contributed by atoms with van der Waals surface area (Å²) in [5.41, 5.74) is 5.90. The minimum absolute atomic E-state index is 0.273. The molecule has 9 nitrogen and oxygen atoms in total. The summed E-state index contributed by atoms with van der Waals surface area (Å²) in [5.74, 6) is 0.637. The van der Waals surface area contributed by atoms with Gasteiger partial charge in [0.05, 0.1) is 12.1 Å². The van der Waals surface area contributed by atoms with Crippen LogP contribution in [-0.4, -0.2) is 39.8 Å². The van der Waals surface area contributed by atoms with Gasteiger partial charge in [0.25, 0.3) is 5.91 Å². The molecule has 1 aromatic carbocycles. The predicted molar refractivity (Wildman–Crippen MR) is 83.5 cm³/mol. The number of primary amides is 1. The Hall–Kier alpha value is -2.55. The number of carbonyl (C=O) groups is 1. The minimum Gasteiger partial charge on any atom is -0.493 e. The van der Waals surface area contributed by atoms with Crippen LogP contribution in [0.25, 0.3) is 0 Å². The molecule has 2 rings (SSSR count). The third-order valence-electron chi connectivity index (χ3n) is 2.93. The highest BCUT2D eigenvalue weighted by Crippen LogP contribution is 2.36. The van der Waals surface area contributed by atoms with E-state index in [9.17, 15) is 4.79 Å². The lowest BCUT2D eigenvalue weighted by molar-refractivity contribution is -0.119. The van der Waals surface area contributed by atoms with Gasteiger partial charge in [-0.3, -0.25) is 4.79 Å². The Morgan fingerprint density at radius 2 is 2.26 bits per heavy atom. The monoisotopic (exact) mass is 340 g/mol. The van der Waals surface area contributed by atoms with Crippen molar-refractivity contribution in [2.75, 3.05) is 19.0 Å². The molecule has 3 N–H and O–H groups in total. The normalized spacial score (nSPS) is 10.4. The van der Waals surface area contributed by atoms with Crippen molar-refractivity contribution >= 4 is 23.5 Å². The van der Waals surface area contributed by atoms with Crippen LogP contribution in [0.3, 0.4) is 0 Å². The van der Waals surface area contributed by atoms with Crippen LogP contribution in [-0.2, 0) is 17.9 Å². The first-order valence-electron chi connectivity index (χ1n) is 6.82. The topological polar surface area (TPSA) is 117 Å². The van der Waals surface area contributed by atoms with Crippen molar-refractivity contribution in [2.24, 2.45) is 5.73 Å². The first-order chi connectivity index (χ1) is 11.0. The number of carbonyl (C=O) groups excluding carboxylic acids is 1. The lowest BCUT2D eigenvalue weighted by Crippen LogP contribution is -2.20. The van der Waals surface area contributed by atoms with E-state index in [1.807, 2.05) is 6.92 Å². The van der Waals surface area contributed by atoms with E-state index in [2.05, 4.69) is 20.8 Å². The molecular weight excluding hydrogens is 324 g/mol. The second-order valence-corrected chi connectivity index (χ2v) is 4.94. The zero-order valence-electron chi connectivity index (χ0n) is 12.7. The smallest absolute Gasteiger partial charge is 0.255 e. The molecule has 1 aromatic heterocycles. The van der Waals surface area contributed by atoms with Crippen LogP contribution in [0.5, 0.6) is 11.5 Å². The van der Waals surface area contributed by atoms with Gasteiger partial charge in [-0.25, -0.2) is 4.68 Å². The van der Waals surface area contributed by atoms with Gasteiger partial charge in [-0.2, -0.15) is 0 Å². The molecule has 10 heteroatoms. The van der Waals surface area contributed by atoms with E-state index < -0.39 is 5.91 Å². The molecule has 0 radical (unpaired) electrons. The number of amides is 1. The summed E-state index contributed by atoms with van der Waals surface area (Å²) < 4.78 is 12.1. The number of rotatable bonds is 8. The average Bonchev–Trinajstić information content (AvgIpc) is 2.98. The number of methoxy groups -OCH3 is 1. The average molecular weight is 341 g/mol. The van der Waals surface area contributed by atoms with Gasteiger partial charge in [0.1, 0.15) is 0 Å². The zero-order chi connectivity index (χ0) is 16.8. The summed E-state index contributed by atoms with van der Waals surface area (Å²) in [6.45, 7) is 2.75. The van der Waals surface area contributed by atoms with Crippen molar-refractivity contribution in [1.29, 1.82) is 0 Å². The Bertz CT molecular complexity index is 690. The fraction of sp³-hybridized carbons (Fsp3) is 0.385. The van der Waals surface area contributed by atoms with Crippen LogP contribution >= 0.6 is 11.6 Å². The molecule has 0 aliphatic carbocycles. The molecule has 0 aliphatic heterocycles. The van der Waals surface area contributed by atoms with Crippen LogP contribution in [0.2, 0.25) is 5.02 Å². The number of tetrazole rings is 1. The summed E-state index contributed by atoms with van der Waals surface area (Å²) in [5, 5.41) is 14.7. The van der Waals surface area contributed by atoms with Gasteiger partial charge in [0, 0.05) is 13.1 Å². The summed E-state index contributed by atoms with van der Waals surface area (Å²) in [7, 11) is 1.48. The number of ether oxygens (including phenoxy) is 2. The maximum atomic E-state index is 10.8. The summed E-state index contributed by atoms with van der Waals surface area (Å²) >= 11 is 6.19. The molecule has 0 aliphatic rings. The number of nitrogens with two attached hydrogens (primary N) is 1. The molecule has 0 unspecified atom stereocenters. The van der Waals surface area contributed by atoms with Gasteiger partial charge in [-0.05, 0) is 35.0 Å². The first-order valence-corrected chi connectivity index (χ1v) is 7.20. The number of aromatic nitrogens is 4. The maximum absolute atomic E-state index is 10.8. The van der Waals surface area contributed by atoms with Crippen LogP contribution in [0.15, 0.2) is 12.1 Å². The van der Waals surface area contributed by atoms with E-state index in [1.165, 1.54) is 7.11 Å². The minimum atomic E-state index is -0.597. The molecule has 1 amide bonds. The van der Waals surface area contributed by atoms with E-state index in [1.54, 1.807) is 16.8 Å². The molecule has 0 atom stereocenters. The van der Waals surface area contributed by atoms with Crippen LogP contribution in [0.1, 0.15) is 12.5 Å². The predicted octanol–water partition coefficient (Wildman–Crippen LogP) is 0.831. The van der Waals surface area contributed by atoms with Crippen molar-refractivity contribution in [1.82, 2.24) is 20.2 Å². The van der Waals surface area contributed by atoms with Crippen molar-refractivity contribution in [3.05, 3.63) is 22.7 Å². The Labute approximate surface area is 137 Å². The molecular formula is C13H17ClN6O3. The Balaban J connectivity index is 2.14. The Kier molecular flexibility index (Phi) is 5.58. The van der Waals surface area contributed by atoms with Crippen molar-refractivity contribution in [2.45, 2.75) is 20.0 Å². The van der Waals surface area contributed by atoms with E-state index in [0.717, 1.165) is 5.56 Å². The van der Waals surface area contributed by atoms with Crippen LogP contribution < -0.4 is 20.5 Å². The highest BCUT2D eigenvalue weighted by atomic mass is 35.5. The Morgan fingerprint density at radius 1 is 1.48 bits per heavy atom. The number of nitrogens with zero attached hydrogens (tertiary/aromatic N) is 4. The SMILES string of the molecule is CCn1nnnc1NCc1cc(Cl)c(OCC(N)=O)c(OC)c1. The fourth-order valence-corrected chi connectivity index (χ4v) is 2.17. The number of anilines is 1.